The van der Waals surface area contributed by atoms with E-state index in [-0.39, 0.29) is 11.4 Å². The molecular weight excluding hydrogens is 249 g/mol. The Balaban J connectivity index is 0.000000771. The van der Waals surface area contributed by atoms with Crippen molar-refractivity contribution in [2.75, 3.05) is 12.4 Å². The van der Waals surface area contributed by atoms with Crippen LogP contribution in [0, 0.1) is 29.1 Å². The van der Waals surface area contributed by atoms with Gasteiger partial charge in [-0.3, -0.25) is 0 Å². The molecule has 0 bridgehead atoms. The number of thioether (sulfide) groups is 1. The molecule has 2 rings (SSSR count). The molecule has 0 aromatic rings. The summed E-state index contributed by atoms with van der Waals surface area (Å²) in [4.78, 5) is 0. The fourth-order valence-corrected chi connectivity index (χ4v) is 3.73. The van der Waals surface area contributed by atoms with E-state index in [0.717, 1.165) is 18.8 Å². The summed E-state index contributed by atoms with van der Waals surface area (Å²) in [5.74, 6) is 1.64. The maximum atomic E-state index is 13.6. The van der Waals surface area contributed by atoms with Crippen LogP contribution in [-0.2, 0) is 4.74 Å². The Morgan fingerprint density at radius 1 is 1.33 bits per heavy atom. The Morgan fingerprint density at radius 2 is 2.06 bits per heavy atom. The van der Waals surface area contributed by atoms with Crippen LogP contribution in [0.25, 0.3) is 0 Å². The first-order valence-electron chi connectivity index (χ1n) is 6.97. The fraction of sp³-hybridized carbons (Fsp3) is 0.929. The molecule has 1 heterocycles. The molecule has 1 aliphatic heterocycles. The van der Waals surface area contributed by atoms with E-state index in [0.29, 0.717) is 24.7 Å². The van der Waals surface area contributed by atoms with Crippen LogP contribution in [0.3, 0.4) is 0 Å². The number of rotatable bonds is 1. The van der Waals surface area contributed by atoms with Crippen LogP contribution in [0.2, 0.25) is 0 Å². The lowest BCUT2D eigenvalue weighted by Gasteiger charge is -2.36. The van der Waals surface area contributed by atoms with Crippen LogP contribution in [0.1, 0.15) is 40.0 Å². The van der Waals surface area contributed by atoms with Crippen LogP contribution < -0.4 is 0 Å². The van der Waals surface area contributed by atoms with Crippen molar-refractivity contribution in [3.8, 4) is 6.07 Å². The largest absolute Gasteiger partial charge is 0.367 e. The van der Waals surface area contributed by atoms with Gasteiger partial charge in [0.2, 0.25) is 0 Å². The lowest BCUT2D eigenvalue weighted by molar-refractivity contribution is 0.0174. The van der Waals surface area contributed by atoms with Crippen LogP contribution in [0.15, 0.2) is 0 Å². The fourth-order valence-electron chi connectivity index (χ4n) is 2.43. The summed E-state index contributed by atoms with van der Waals surface area (Å²) in [5, 5.41) is 8.77. The standard InChI is InChI=1S/C12H18FNOS.C2H6/c1-8-6-15-12(16-7-8)9-2-3-10(5-14)11(13)4-9;1-2/h8-12H,2-4,6-7H2,1H3;1-2H3. The van der Waals surface area contributed by atoms with Crippen LogP contribution in [0.5, 0.6) is 0 Å². The summed E-state index contributed by atoms with van der Waals surface area (Å²) in [7, 11) is 0. The highest BCUT2D eigenvalue weighted by Crippen LogP contribution is 2.39. The normalized spacial score (nSPS) is 40.3. The minimum absolute atomic E-state index is 0.161. The minimum Gasteiger partial charge on any atom is -0.367 e. The Kier molecular flexibility index (Phi) is 7.03. The zero-order chi connectivity index (χ0) is 13.5. The van der Waals surface area contributed by atoms with Gasteiger partial charge < -0.3 is 4.74 Å². The van der Waals surface area contributed by atoms with Crippen molar-refractivity contribution in [3.63, 3.8) is 0 Å². The molecule has 1 saturated heterocycles. The van der Waals surface area contributed by atoms with Crippen molar-refractivity contribution in [1.82, 2.24) is 0 Å². The molecule has 2 fully saturated rings. The van der Waals surface area contributed by atoms with Gasteiger partial charge in [-0.2, -0.15) is 5.26 Å². The van der Waals surface area contributed by atoms with Crippen molar-refractivity contribution in [3.05, 3.63) is 0 Å². The number of hydrogen-bond donors (Lipinski definition) is 0. The lowest BCUT2D eigenvalue weighted by Crippen LogP contribution is -2.35. The van der Waals surface area contributed by atoms with Gasteiger partial charge in [0.15, 0.2) is 0 Å². The van der Waals surface area contributed by atoms with Crippen LogP contribution in [0.4, 0.5) is 4.39 Å². The molecule has 2 nitrogen and oxygen atoms in total. The second kappa shape index (κ2) is 8.01. The molecule has 18 heavy (non-hydrogen) atoms. The molecule has 1 saturated carbocycles. The van der Waals surface area contributed by atoms with Crippen LogP contribution in [-0.4, -0.2) is 24.0 Å². The van der Waals surface area contributed by atoms with Gasteiger partial charge in [0.25, 0.3) is 0 Å². The molecule has 0 aromatic carbocycles. The van der Waals surface area contributed by atoms with Gasteiger partial charge in [-0.1, -0.05) is 20.8 Å². The van der Waals surface area contributed by atoms with Gasteiger partial charge in [0.05, 0.1) is 18.6 Å². The van der Waals surface area contributed by atoms with Crippen LogP contribution >= 0.6 is 11.8 Å². The molecular formula is C14H24FNOS. The average molecular weight is 273 g/mol. The van der Waals surface area contributed by atoms with Gasteiger partial charge in [-0.15, -0.1) is 11.8 Å². The topological polar surface area (TPSA) is 33.0 Å². The third-order valence-electron chi connectivity index (χ3n) is 3.45. The Morgan fingerprint density at radius 3 is 2.56 bits per heavy atom. The van der Waals surface area contributed by atoms with E-state index in [1.165, 1.54) is 0 Å². The number of hydrogen-bond acceptors (Lipinski definition) is 3. The highest BCUT2D eigenvalue weighted by atomic mass is 32.2. The molecule has 0 amide bonds. The molecule has 0 aromatic heterocycles. The average Bonchev–Trinajstić information content (AvgIpc) is 2.42. The second-order valence-electron chi connectivity index (χ2n) is 4.96. The van der Waals surface area contributed by atoms with Crippen molar-refractivity contribution >= 4 is 11.8 Å². The maximum absolute atomic E-state index is 13.6. The molecule has 2 aliphatic rings. The van der Waals surface area contributed by atoms with Crippen molar-refractivity contribution < 1.29 is 9.13 Å². The molecule has 5 unspecified atom stereocenters. The summed E-state index contributed by atoms with van der Waals surface area (Å²) in [5.41, 5.74) is 0.161. The van der Waals surface area contributed by atoms with Crippen molar-refractivity contribution in [2.45, 2.75) is 51.6 Å². The maximum Gasteiger partial charge on any atom is 0.116 e. The Labute approximate surface area is 114 Å². The van der Waals surface area contributed by atoms with E-state index in [4.69, 9.17) is 10.00 Å². The van der Waals surface area contributed by atoms with Crippen molar-refractivity contribution in [1.29, 1.82) is 5.26 Å². The third kappa shape index (κ3) is 4.13. The predicted molar refractivity (Wildman–Crippen MR) is 74.1 cm³/mol. The number of alkyl halides is 1. The highest BCUT2D eigenvalue weighted by molar-refractivity contribution is 7.99. The summed E-state index contributed by atoms with van der Waals surface area (Å²) in [6, 6.07) is 2.06. The van der Waals surface area contributed by atoms with E-state index < -0.39 is 6.17 Å². The molecule has 5 atom stereocenters. The molecule has 1 aliphatic carbocycles. The van der Waals surface area contributed by atoms with Gasteiger partial charge in [-0.25, -0.2) is 4.39 Å². The van der Waals surface area contributed by atoms with E-state index in [2.05, 4.69) is 13.0 Å². The zero-order valence-electron chi connectivity index (χ0n) is 11.6. The minimum atomic E-state index is -0.952. The first-order valence-corrected chi connectivity index (χ1v) is 8.02. The first-order chi connectivity index (χ1) is 8.70. The van der Waals surface area contributed by atoms with Gasteiger partial charge in [0, 0.05) is 5.75 Å². The molecule has 0 radical (unpaired) electrons. The molecule has 104 valence electrons. The van der Waals surface area contributed by atoms with Gasteiger partial charge in [-0.05, 0) is 31.1 Å². The summed E-state index contributed by atoms with van der Waals surface area (Å²) < 4.78 is 19.4. The van der Waals surface area contributed by atoms with E-state index >= 15 is 0 Å². The molecule has 0 spiro atoms. The van der Waals surface area contributed by atoms with E-state index in [1.54, 1.807) is 0 Å². The second-order valence-corrected chi connectivity index (χ2v) is 6.10. The predicted octanol–water partition coefficient (Wildman–Crippen LogP) is 4.02. The smallest absolute Gasteiger partial charge is 0.116 e. The summed E-state index contributed by atoms with van der Waals surface area (Å²) in [6.45, 7) is 6.97. The number of ether oxygens (including phenoxy) is 1. The third-order valence-corrected chi connectivity index (χ3v) is 5.06. The van der Waals surface area contributed by atoms with Crippen molar-refractivity contribution in [2.24, 2.45) is 17.8 Å². The zero-order valence-corrected chi connectivity index (χ0v) is 12.4. The lowest BCUT2D eigenvalue weighted by atomic mass is 9.81. The highest BCUT2D eigenvalue weighted by Gasteiger charge is 2.36. The van der Waals surface area contributed by atoms with E-state index in [9.17, 15) is 4.39 Å². The van der Waals surface area contributed by atoms with Gasteiger partial charge in [0.1, 0.15) is 11.6 Å². The quantitative estimate of drug-likeness (QED) is 0.723. The Hall–Kier alpha value is -0.270. The summed E-state index contributed by atoms with van der Waals surface area (Å²) in [6.07, 6.45) is 1.18. The SMILES string of the molecule is CC.CC1COC(C2CCC(C#N)C(F)C2)SC1. The number of halogens is 1. The summed E-state index contributed by atoms with van der Waals surface area (Å²) >= 11 is 1.82. The number of nitriles is 1. The monoisotopic (exact) mass is 273 g/mol. The molecule has 4 heteroatoms. The Bertz CT molecular complexity index is 273. The first kappa shape index (κ1) is 15.8. The number of nitrogens with zero attached hydrogens (tertiary/aromatic N) is 1. The van der Waals surface area contributed by atoms with Gasteiger partial charge >= 0.3 is 0 Å². The van der Waals surface area contributed by atoms with E-state index in [1.807, 2.05) is 25.6 Å². The molecule has 0 N–H and O–H groups in total.